The fourth-order valence-corrected chi connectivity index (χ4v) is 2.71. The minimum atomic E-state index is -0.455. The summed E-state index contributed by atoms with van der Waals surface area (Å²) in [5.41, 5.74) is 1.58. The van der Waals surface area contributed by atoms with E-state index in [0.29, 0.717) is 24.4 Å². The molecule has 0 saturated carbocycles. The maximum absolute atomic E-state index is 12.1. The SMILES string of the molecule is COc1cc(Br)cc(C)c1NC(=O)C1CC(O)CN1. The Morgan fingerprint density at radius 2 is 2.32 bits per heavy atom. The first-order valence-corrected chi connectivity index (χ1v) is 6.87. The molecule has 1 aliphatic heterocycles. The zero-order valence-corrected chi connectivity index (χ0v) is 12.5. The topological polar surface area (TPSA) is 70.6 Å². The lowest BCUT2D eigenvalue weighted by atomic mass is 10.1. The molecule has 1 amide bonds. The summed E-state index contributed by atoms with van der Waals surface area (Å²) in [6.45, 7) is 2.36. The number of ether oxygens (including phenoxy) is 1. The van der Waals surface area contributed by atoms with Gasteiger partial charge >= 0.3 is 0 Å². The Bertz CT molecular complexity index is 493. The standard InChI is InChI=1S/C13H17BrN2O3/c1-7-3-8(14)4-11(19-2)12(7)16-13(18)10-5-9(17)6-15-10/h3-4,9-10,15,17H,5-6H2,1-2H3,(H,16,18). The first-order valence-electron chi connectivity index (χ1n) is 6.07. The number of carbonyl (C=O) groups excluding carboxylic acids is 1. The number of hydrogen-bond donors (Lipinski definition) is 3. The molecule has 3 N–H and O–H groups in total. The number of methoxy groups -OCH3 is 1. The lowest BCUT2D eigenvalue weighted by Crippen LogP contribution is -2.35. The van der Waals surface area contributed by atoms with Crippen LogP contribution in [-0.4, -0.2) is 36.8 Å². The van der Waals surface area contributed by atoms with Gasteiger partial charge in [0.25, 0.3) is 0 Å². The summed E-state index contributed by atoms with van der Waals surface area (Å²) < 4.78 is 6.17. The van der Waals surface area contributed by atoms with E-state index in [4.69, 9.17) is 4.74 Å². The number of aryl methyl sites for hydroxylation is 1. The third-order valence-electron chi connectivity index (χ3n) is 3.16. The van der Waals surface area contributed by atoms with Crippen LogP contribution in [0.1, 0.15) is 12.0 Å². The van der Waals surface area contributed by atoms with Gasteiger partial charge in [-0.3, -0.25) is 4.79 Å². The van der Waals surface area contributed by atoms with Crippen molar-refractivity contribution >= 4 is 27.5 Å². The van der Waals surface area contributed by atoms with E-state index in [1.165, 1.54) is 0 Å². The first-order chi connectivity index (χ1) is 9.01. The van der Waals surface area contributed by atoms with E-state index in [-0.39, 0.29) is 11.9 Å². The van der Waals surface area contributed by atoms with Crippen molar-refractivity contribution in [2.45, 2.75) is 25.5 Å². The molecule has 1 aromatic rings. The van der Waals surface area contributed by atoms with Gasteiger partial charge in [-0.1, -0.05) is 15.9 Å². The number of carbonyl (C=O) groups is 1. The molecule has 1 aromatic carbocycles. The molecule has 0 aromatic heterocycles. The van der Waals surface area contributed by atoms with E-state index in [0.717, 1.165) is 10.0 Å². The molecule has 5 nitrogen and oxygen atoms in total. The highest BCUT2D eigenvalue weighted by molar-refractivity contribution is 9.10. The average Bonchev–Trinajstić information content (AvgIpc) is 2.78. The second kappa shape index (κ2) is 5.90. The molecule has 1 aliphatic rings. The molecule has 0 radical (unpaired) electrons. The molecule has 0 aliphatic carbocycles. The molecule has 0 bridgehead atoms. The minimum absolute atomic E-state index is 0.153. The van der Waals surface area contributed by atoms with Crippen LogP contribution in [0.3, 0.4) is 0 Å². The van der Waals surface area contributed by atoms with Gasteiger partial charge in [-0.05, 0) is 31.0 Å². The molecule has 104 valence electrons. The summed E-state index contributed by atoms with van der Waals surface area (Å²) in [4.78, 5) is 12.1. The van der Waals surface area contributed by atoms with E-state index in [2.05, 4.69) is 26.6 Å². The molecular formula is C13H17BrN2O3. The number of nitrogens with one attached hydrogen (secondary N) is 2. The normalized spacial score (nSPS) is 22.3. The molecular weight excluding hydrogens is 312 g/mol. The Balaban J connectivity index is 2.16. The number of halogens is 1. The van der Waals surface area contributed by atoms with Crippen LogP contribution >= 0.6 is 15.9 Å². The Morgan fingerprint density at radius 3 is 2.89 bits per heavy atom. The van der Waals surface area contributed by atoms with Crippen molar-refractivity contribution in [2.75, 3.05) is 19.0 Å². The van der Waals surface area contributed by atoms with Crippen molar-refractivity contribution in [1.82, 2.24) is 5.32 Å². The summed E-state index contributed by atoms with van der Waals surface area (Å²) in [6, 6.07) is 3.36. The van der Waals surface area contributed by atoms with Crippen LogP contribution < -0.4 is 15.4 Å². The highest BCUT2D eigenvalue weighted by atomic mass is 79.9. The highest BCUT2D eigenvalue weighted by Crippen LogP contribution is 2.32. The predicted octanol–water partition coefficient (Wildman–Crippen LogP) is 1.43. The van der Waals surface area contributed by atoms with Gasteiger partial charge < -0.3 is 20.5 Å². The van der Waals surface area contributed by atoms with Gasteiger partial charge in [0.1, 0.15) is 5.75 Å². The Hall–Kier alpha value is -1.11. The third kappa shape index (κ3) is 3.26. The number of rotatable bonds is 3. The summed E-state index contributed by atoms with van der Waals surface area (Å²) in [6.07, 6.45) is -0.0207. The van der Waals surface area contributed by atoms with Crippen molar-refractivity contribution < 1.29 is 14.6 Å². The molecule has 2 rings (SSSR count). The smallest absolute Gasteiger partial charge is 0.241 e. The van der Waals surface area contributed by atoms with E-state index in [9.17, 15) is 9.90 Å². The van der Waals surface area contributed by atoms with Crippen LogP contribution in [0.5, 0.6) is 5.75 Å². The molecule has 0 spiro atoms. The number of aliphatic hydroxyl groups excluding tert-OH is 1. The van der Waals surface area contributed by atoms with Gasteiger partial charge in [-0.15, -0.1) is 0 Å². The summed E-state index contributed by atoms with van der Waals surface area (Å²) in [5.74, 6) is 0.457. The molecule has 1 fully saturated rings. The second-order valence-corrected chi connectivity index (χ2v) is 5.56. The quantitative estimate of drug-likeness (QED) is 0.785. The van der Waals surface area contributed by atoms with Crippen molar-refractivity contribution in [2.24, 2.45) is 0 Å². The highest BCUT2D eigenvalue weighted by Gasteiger charge is 2.28. The van der Waals surface area contributed by atoms with Gasteiger partial charge in [-0.25, -0.2) is 0 Å². The number of β-amino-alcohol motifs (C(OH)–C–C–N with tert-alkyl or cyclic N) is 1. The van der Waals surface area contributed by atoms with Crippen molar-refractivity contribution in [3.8, 4) is 5.75 Å². The van der Waals surface area contributed by atoms with Gasteiger partial charge in [0.15, 0.2) is 0 Å². The zero-order chi connectivity index (χ0) is 14.0. The van der Waals surface area contributed by atoms with Crippen LogP contribution in [0.25, 0.3) is 0 Å². The number of hydrogen-bond acceptors (Lipinski definition) is 4. The first kappa shape index (κ1) is 14.3. The van der Waals surface area contributed by atoms with Gasteiger partial charge in [0.05, 0.1) is 24.9 Å². The molecule has 1 heterocycles. The average molecular weight is 329 g/mol. The monoisotopic (exact) mass is 328 g/mol. The molecule has 2 unspecified atom stereocenters. The lowest BCUT2D eigenvalue weighted by Gasteiger charge is -2.16. The Kier molecular flexibility index (Phi) is 4.44. The molecule has 2 atom stereocenters. The van der Waals surface area contributed by atoms with Crippen molar-refractivity contribution in [1.29, 1.82) is 0 Å². The summed E-state index contributed by atoms with van der Waals surface area (Å²) >= 11 is 3.39. The number of benzene rings is 1. The van der Waals surface area contributed by atoms with Gasteiger partial charge in [0, 0.05) is 11.0 Å². The lowest BCUT2D eigenvalue weighted by molar-refractivity contribution is -0.117. The van der Waals surface area contributed by atoms with E-state index in [1.807, 2.05) is 13.0 Å². The predicted molar refractivity (Wildman–Crippen MR) is 76.5 cm³/mol. The molecule has 19 heavy (non-hydrogen) atoms. The Labute approximate surface area is 120 Å². The third-order valence-corrected chi connectivity index (χ3v) is 3.61. The van der Waals surface area contributed by atoms with E-state index in [1.54, 1.807) is 13.2 Å². The maximum Gasteiger partial charge on any atom is 0.241 e. The van der Waals surface area contributed by atoms with Crippen LogP contribution in [0.4, 0.5) is 5.69 Å². The summed E-state index contributed by atoms with van der Waals surface area (Å²) in [7, 11) is 1.56. The zero-order valence-electron chi connectivity index (χ0n) is 10.9. The van der Waals surface area contributed by atoms with Crippen molar-refractivity contribution in [3.63, 3.8) is 0 Å². The van der Waals surface area contributed by atoms with Gasteiger partial charge in [-0.2, -0.15) is 0 Å². The fourth-order valence-electron chi connectivity index (χ4n) is 2.16. The minimum Gasteiger partial charge on any atom is -0.495 e. The fraction of sp³-hybridized carbons (Fsp3) is 0.462. The van der Waals surface area contributed by atoms with Crippen LogP contribution in [0, 0.1) is 6.92 Å². The van der Waals surface area contributed by atoms with Crippen LogP contribution in [0.2, 0.25) is 0 Å². The van der Waals surface area contributed by atoms with E-state index >= 15 is 0 Å². The van der Waals surface area contributed by atoms with Crippen LogP contribution in [0.15, 0.2) is 16.6 Å². The van der Waals surface area contributed by atoms with Crippen molar-refractivity contribution in [3.05, 3.63) is 22.2 Å². The summed E-state index contributed by atoms with van der Waals surface area (Å²) in [5, 5.41) is 15.3. The number of amides is 1. The largest absolute Gasteiger partial charge is 0.495 e. The maximum atomic E-state index is 12.1. The van der Waals surface area contributed by atoms with Gasteiger partial charge in [0.2, 0.25) is 5.91 Å². The molecule has 1 saturated heterocycles. The number of aliphatic hydroxyl groups is 1. The second-order valence-electron chi connectivity index (χ2n) is 4.64. The Morgan fingerprint density at radius 1 is 1.58 bits per heavy atom. The van der Waals surface area contributed by atoms with Crippen LogP contribution in [-0.2, 0) is 4.79 Å². The number of anilines is 1. The molecule has 6 heteroatoms. The van der Waals surface area contributed by atoms with E-state index < -0.39 is 6.10 Å².